The number of ketones is 1. The average molecular weight is 403 g/mol. The third-order valence-electron chi connectivity index (χ3n) is 7.33. The second-order valence-corrected chi connectivity index (χ2v) is 9.95. The number of ether oxygens (including phenoxy) is 2. The molecule has 3 rings (SSSR count). The second kappa shape index (κ2) is 7.41. The van der Waals surface area contributed by atoms with E-state index in [-0.39, 0.29) is 23.1 Å². The molecule has 6 atom stereocenters. The molecular weight excluding hydrogens is 368 g/mol. The molecule has 2 saturated carbocycles. The topological polar surface area (TPSA) is 69.7 Å². The normalized spacial score (nSPS) is 42.2. The summed E-state index contributed by atoms with van der Waals surface area (Å²) in [7, 11) is 0. The van der Waals surface area contributed by atoms with E-state index >= 15 is 0 Å². The summed E-state index contributed by atoms with van der Waals surface area (Å²) in [5.74, 6) is -0.721. The fraction of sp³-hybridized carbons (Fsp3) is 0.708. The van der Waals surface area contributed by atoms with Crippen LogP contribution in [0.2, 0.25) is 0 Å². The molecule has 0 bridgehead atoms. The van der Waals surface area contributed by atoms with Crippen molar-refractivity contribution in [1.82, 2.24) is 0 Å². The van der Waals surface area contributed by atoms with Crippen molar-refractivity contribution in [3.63, 3.8) is 0 Å². The zero-order chi connectivity index (χ0) is 21.7. The summed E-state index contributed by atoms with van der Waals surface area (Å²) >= 11 is 0. The standard InChI is InChI=1S/C24H34O5/c1-13-8-9-18-19(23(18,6)7)11-14(2)22(27)24(29-17(5)26)12-15(3)21(20(24)10-13)28-16(4)25/h10-11,15,18-21H,8-9,12H2,1-7H3/b13-10+,14-11+/t15-,18-,19+,20-,21-,24+/m0/s1. The SMILES string of the molecule is CC(=O)O[C@H]1[C@@H](C)C[C@]2(OC(C)=O)C(=O)/C(C)=C/[C@@H]3[C@H](CC/C(C)=C/[C@@H]12)C3(C)C. The van der Waals surface area contributed by atoms with Crippen LogP contribution in [0, 0.1) is 29.1 Å². The fourth-order valence-corrected chi connectivity index (χ4v) is 5.74. The first-order valence-electron chi connectivity index (χ1n) is 10.7. The number of Topliss-reactive ketones (excluding diaryl/α,β-unsaturated/α-hetero) is 1. The zero-order valence-corrected chi connectivity index (χ0v) is 18.7. The largest absolute Gasteiger partial charge is 0.461 e. The first kappa shape index (κ1) is 21.8. The highest BCUT2D eigenvalue weighted by atomic mass is 16.6. The highest BCUT2D eigenvalue weighted by Crippen LogP contribution is 2.62. The summed E-state index contributed by atoms with van der Waals surface area (Å²) in [6, 6.07) is 0. The maximum atomic E-state index is 13.8. The molecule has 3 aliphatic carbocycles. The molecule has 160 valence electrons. The van der Waals surface area contributed by atoms with Gasteiger partial charge in [-0.05, 0) is 55.4 Å². The summed E-state index contributed by atoms with van der Waals surface area (Å²) in [6.07, 6.45) is 5.94. The van der Waals surface area contributed by atoms with Gasteiger partial charge in [0, 0.05) is 20.3 Å². The molecule has 0 N–H and O–H groups in total. The molecule has 5 heteroatoms. The molecule has 0 aromatic rings. The van der Waals surface area contributed by atoms with Crippen molar-refractivity contribution in [1.29, 1.82) is 0 Å². The number of esters is 2. The van der Waals surface area contributed by atoms with Gasteiger partial charge in [-0.1, -0.05) is 38.5 Å². The van der Waals surface area contributed by atoms with Crippen molar-refractivity contribution in [2.24, 2.45) is 29.1 Å². The summed E-state index contributed by atoms with van der Waals surface area (Å²) in [5.41, 5.74) is 0.636. The first-order chi connectivity index (χ1) is 13.4. The van der Waals surface area contributed by atoms with Crippen LogP contribution in [-0.2, 0) is 23.9 Å². The molecule has 0 aromatic heterocycles. The molecule has 29 heavy (non-hydrogen) atoms. The van der Waals surface area contributed by atoms with E-state index in [0.29, 0.717) is 23.8 Å². The van der Waals surface area contributed by atoms with Crippen LogP contribution in [-0.4, -0.2) is 29.4 Å². The smallest absolute Gasteiger partial charge is 0.303 e. The Hall–Kier alpha value is -1.91. The van der Waals surface area contributed by atoms with Gasteiger partial charge < -0.3 is 9.47 Å². The number of fused-ring (bicyclic) bond motifs is 2. The Kier molecular flexibility index (Phi) is 5.57. The van der Waals surface area contributed by atoms with Gasteiger partial charge in [0.05, 0.1) is 5.92 Å². The van der Waals surface area contributed by atoms with Gasteiger partial charge in [-0.25, -0.2) is 0 Å². The van der Waals surface area contributed by atoms with Gasteiger partial charge in [0.25, 0.3) is 0 Å². The summed E-state index contributed by atoms with van der Waals surface area (Å²) in [5, 5.41) is 0. The van der Waals surface area contributed by atoms with Crippen molar-refractivity contribution < 1.29 is 23.9 Å². The van der Waals surface area contributed by atoms with Crippen LogP contribution in [0.3, 0.4) is 0 Å². The predicted octanol–water partition coefficient (Wildman–Crippen LogP) is 4.40. The maximum Gasteiger partial charge on any atom is 0.303 e. The molecule has 0 aromatic carbocycles. The van der Waals surface area contributed by atoms with Gasteiger partial charge in [0.2, 0.25) is 5.78 Å². The average Bonchev–Trinajstić information content (AvgIpc) is 3.01. The van der Waals surface area contributed by atoms with Crippen molar-refractivity contribution in [2.45, 2.75) is 79.4 Å². The maximum absolute atomic E-state index is 13.8. The van der Waals surface area contributed by atoms with Gasteiger partial charge in [0.15, 0.2) is 5.60 Å². The molecule has 3 aliphatic rings. The van der Waals surface area contributed by atoms with E-state index in [4.69, 9.17) is 9.47 Å². The molecule has 0 radical (unpaired) electrons. The van der Waals surface area contributed by atoms with Crippen molar-refractivity contribution in [2.75, 3.05) is 0 Å². The van der Waals surface area contributed by atoms with E-state index < -0.39 is 23.6 Å². The number of carbonyl (C=O) groups excluding carboxylic acids is 3. The van der Waals surface area contributed by atoms with Gasteiger partial charge in [0.1, 0.15) is 6.10 Å². The molecule has 2 fully saturated rings. The van der Waals surface area contributed by atoms with E-state index in [9.17, 15) is 14.4 Å². The lowest BCUT2D eigenvalue weighted by Crippen LogP contribution is -2.48. The minimum Gasteiger partial charge on any atom is -0.461 e. The quantitative estimate of drug-likeness (QED) is 0.506. The van der Waals surface area contributed by atoms with Crippen LogP contribution in [0.5, 0.6) is 0 Å². The Bertz CT molecular complexity index is 789. The van der Waals surface area contributed by atoms with Crippen molar-refractivity contribution in [3.05, 3.63) is 23.3 Å². The van der Waals surface area contributed by atoms with Crippen molar-refractivity contribution in [3.8, 4) is 0 Å². The lowest BCUT2D eigenvalue weighted by Gasteiger charge is -2.34. The van der Waals surface area contributed by atoms with Gasteiger partial charge in [-0.15, -0.1) is 0 Å². The molecule has 0 saturated heterocycles. The summed E-state index contributed by atoms with van der Waals surface area (Å²) in [4.78, 5) is 37.6. The second-order valence-electron chi connectivity index (χ2n) is 9.95. The Balaban J connectivity index is 2.13. The lowest BCUT2D eigenvalue weighted by atomic mass is 9.81. The van der Waals surface area contributed by atoms with Crippen LogP contribution in [0.4, 0.5) is 0 Å². The van der Waals surface area contributed by atoms with Crippen molar-refractivity contribution >= 4 is 17.7 Å². The predicted molar refractivity (Wildman–Crippen MR) is 110 cm³/mol. The number of carbonyl (C=O) groups is 3. The minimum absolute atomic E-state index is 0.0999. The molecule has 0 spiro atoms. The Morgan fingerprint density at radius 1 is 1.07 bits per heavy atom. The Labute approximate surface area is 173 Å². The third kappa shape index (κ3) is 3.80. The minimum atomic E-state index is -1.33. The number of rotatable bonds is 2. The van der Waals surface area contributed by atoms with Crippen LogP contribution < -0.4 is 0 Å². The first-order valence-corrected chi connectivity index (χ1v) is 10.7. The number of hydrogen-bond acceptors (Lipinski definition) is 5. The number of allylic oxidation sites excluding steroid dienone is 2. The summed E-state index contributed by atoms with van der Waals surface area (Å²) in [6.45, 7) is 13.1. The Morgan fingerprint density at radius 2 is 1.72 bits per heavy atom. The van der Waals surface area contributed by atoms with Crippen LogP contribution in [0.1, 0.15) is 67.7 Å². The Morgan fingerprint density at radius 3 is 2.31 bits per heavy atom. The molecule has 0 unspecified atom stereocenters. The number of hydrogen-bond donors (Lipinski definition) is 0. The zero-order valence-electron chi connectivity index (χ0n) is 18.7. The van der Waals surface area contributed by atoms with Gasteiger partial charge >= 0.3 is 11.9 Å². The molecule has 0 amide bonds. The highest BCUT2D eigenvalue weighted by molar-refractivity contribution is 6.03. The lowest BCUT2D eigenvalue weighted by molar-refractivity contribution is -0.169. The summed E-state index contributed by atoms with van der Waals surface area (Å²) < 4.78 is 11.5. The van der Waals surface area contributed by atoms with E-state index in [1.807, 2.05) is 19.9 Å². The van der Waals surface area contributed by atoms with Gasteiger partial charge in [-0.3, -0.25) is 14.4 Å². The van der Waals surface area contributed by atoms with E-state index in [0.717, 1.165) is 18.4 Å². The van der Waals surface area contributed by atoms with Crippen LogP contribution in [0.15, 0.2) is 23.3 Å². The highest BCUT2D eigenvalue weighted by Gasteiger charge is 2.61. The molecular formula is C24H34O5. The van der Waals surface area contributed by atoms with E-state index in [1.54, 1.807) is 0 Å². The molecule has 0 aliphatic heterocycles. The van der Waals surface area contributed by atoms with E-state index in [1.165, 1.54) is 13.8 Å². The van der Waals surface area contributed by atoms with Gasteiger partial charge in [-0.2, -0.15) is 0 Å². The third-order valence-corrected chi connectivity index (χ3v) is 7.33. The van der Waals surface area contributed by atoms with E-state index in [2.05, 4.69) is 26.8 Å². The monoisotopic (exact) mass is 402 g/mol. The van der Waals surface area contributed by atoms with Crippen LogP contribution in [0.25, 0.3) is 0 Å². The molecule has 0 heterocycles. The molecule has 5 nitrogen and oxygen atoms in total. The fourth-order valence-electron chi connectivity index (χ4n) is 5.74. The van der Waals surface area contributed by atoms with Crippen LogP contribution >= 0.6 is 0 Å².